The van der Waals surface area contributed by atoms with Crippen molar-refractivity contribution in [3.63, 3.8) is 0 Å². The average molecular weight is 240 g/mol. The van der Waals surface area contributed by atoms with E-state index in [2.05, 4.69) is 15.5 Å². The molecule has 2 rings (SSSR count). The van der Waals surface area contributed by atoms with E-state index in [1.165, 1.54) is 11.3 Å². The Morgan fingerprint density at radius 1 is 1.33 bits per heavy atom. The van der Waals surface area contributed by atoms with Crippen LogP contribution in [0.25, 0.3) is 0 Å². The van der Waals surface area contributed by atoms with E-state index in [1.54, 1.807) is 23.6 Å². The first kappa shape index (κ1) is 10.1. The van der Waals surface area contributed by atoms with Gasteiger partial charge in [-0.1, -0.05) is 11.6 Å². The molecule has 2 aromatic rings. The van der Waals surface area contributed by atoms with Crippen LogP contribution in [0.15, 0.2) is 29.0 Å². The van der Waals surface area contributed by atoms with Gasteiger partial charge in [-0.25, -0.2) is 0 Å². The van der Waals surface area contributed by atoms with Crippen molar-refractivity contribution in [2.45, 2.75) is 0 Å². The van der Waals surface area contributed by atoms with Crippen LogP contribution in [0.1, 0.15) is 10.4 Å². The van der Waals surface area contributed by atoms with Crippen molar-refractivity contribution < 1.29 is 4.79 Å². The predicted octanol–water partition coefficient (Wildman–Crippen LogP) is 2.44. The highest BCUT2D eigenvalue weighted by Crippen LogP contribution is 2.10. The SMILES string of the molecule is O=C(Nc1ccc(Cl)nn1)c1ccsc1. The van der Waals surface area contributed by atoms with Crippen LogP contribution in [0, 0.1) is 0 Å². The largest absolute Gasteiger partial charge is 0.305 e. The van der Waals surface area contributed by atoms with E-state index >= 15 is 0 Å². The number of rotatable bonds is 2. The molecule has 0 bridgehead atoms. The van der Waals surface area contributed by atoms with Gasteiger partial charge in [0, 0.05) is 5.38 Å². The first-order chi connectivity index (χ1) is 7.25. The number of carbonyl (C=O) groups excluding carboxylic acids is 1. The van der Waals surface area contributed by atoms with Crippen LogP contribution in [0.3, 0.4) is 0 Å². The van der Waals surface area contributed by atoms with Crippen molar-refractivity contribution in [3.05, 3.63) is 39.7 Å². The maximum Gasteiger partial charge on any atom is 0.257 e. The van der Waals surface area contributed by atoms with Gasteiger partial charge in [0.1, 0.15) is 0 Å². The minimum atomic E-state index is -0.201. The van der Waals surface area contributed by atoms with Crippen LogP contribution in [0.4, 0.5) is 5.82 Å². The number of nitrogens with zero attached hydrogens (tertiary/aromatic N) is 2. The minimum Gasteiger partial charge on any atom is -0.305 e. The lowest BCUT2D eigenvalue weighted by Gasteiger charge is -2.00. The molecule has 0 saturated heterocycles. The van der Waals surface area contributed by atoms with E-state index in [1.807, 2.05) is 5.38 Å². The zero-order valence-corrected chi connectivity index (χ0v) is 9.05. The number of anilines is 1. The molecular formula is C9H6ClN3OS. The molecule has 0 atom stereocenters. The van der Waals surface area contributed by atoms with Gasteiger partial charge in [-0.15, -0.1) is 10.2 Å². The minimum absolute atomic E-state index is 0.201. The number of nitrogens with one attached hydrogen (secondary N) is 1. The highest BCUT2D eigenvalue weighted by molar-refractivity contribution is 7.08. The summed E-state index contributed by atoms with van der Waals surface area (Å²) < 4.78 is 0. The van der Waals surface area contributed by atoms with Gasteiger partial charge in [-0.2, -0.15) is 11.3 Å². The molecule has 0 unspecified atom stereocenters. The summed E-state index contributed by atoms with van der Waals surface area (Å²) in [6.07, 6.45) is 0. The Balaban J connectivity index is 2.09. The Hall–Kier alpha value is -1.46. The van der Waals surface area contributed by atoms with Gasteiger partial charge in [0.15, 0.2) is 11.0 Å². The van der Waals surface area contributed by atoms with Gasteiger partial charge < -0.3 is 5.32 Å². The Bertz CT molecular complexity index is 455. The molecule has 0 aromatic carbocycles. The number of aromatic nitrogens is 2. The summed E-state index contributed by atoms with van der Waals surface area (Å²) >= 11 is 7.03. The summed E-state index contributed by atoms with van der Waals surface area (Å²) in [4.78, 5) is 11.6. The molecule has 0 aliphatic carbocycles. The monoisotopic (exact) mass is 239 g/mol. The molecule has 0 aliphatic rings. The lowest BCUT2D eigenvalue weighted by Crippen LogP contribution is -2.12. The van der Waals surface area contributed by atoms with Gasteiger partial charge in [0.25, 0.3) is 5.91 Å². The third kappa shape index (κ3) is 2.51. The Morgan fingerprint density at radius 3 is 2.80 bits per heavy atom. The summed E-state index contributed by atoms with van der Waals surface area (Å²) in [6.45, 7) is 0. The molecule has 6 heteroatoms. The molecule has 0 radical (unpaired) electrons. The van der Waals surface area contributed by atoms with Crippen molar-refractivity contribution >= 4 is 34.7 Å². The van der Waals surface area contributed by atoms with Crippen LogP contribution < -0.4 is 5.32 Å². The number of hydrogen-bond donors (Lipinski definition) is 1. The van der Waals surface area contributed by atoms with Crippen LogP contribution >= 0.6 is 22.9 Å². The summed E-state index contributed by atoms with van der Waals surface area (Å²) in [5, 5.41) is 13.8. The molecule has 1 amide bonds. The number of amides is 1. The smallest absolute Gasteiger partial charge is 0.257 e. The molecule has 2 aromatic heterocycles. The summed E-state index contributed by atoms with van der Waals surface area (Å²) in [6, 6.07) is 4.90. The van der Waals surface area contributed by atoms with Gasteiger partial charge in [0.05, 0.1) is 5.56 Å². The summed E-state index contributed by atoms with van der Waals surface area (Å²) in [7, 11) is 0. The Morgan fingerprint density at radius 2 is 2.20 bits per heavy atom. The van der Waals surface area contributed by atoms with Crippen molar-refractivity contribution in [1.29, 1.82) is 0 Å². The second-order valence-electron chi connectivity index (χ2n) is 2.71. The number of halogens is 1. The number of thiophene rings is 1. The second-order valence-corrected chi connectivity index (χ2v) is 3.87. The third-order valence-electron chi connectivity index (χ3n) is 1.66. The molecule has 76 valence electrons. The molecule has 2 heterocycles. The predicted molar refractivity (Wildman–Crippen MR) is 59.3 cm³/mol. The highest BCUT2D eigenvalue weighted by Gasteiger charge is 2.06. The quantitative estimate of drug-likeness (QED) is 0.876. The fourth-order valence-corrected chi connectivity index (χ4v) is 1.70. The average Bonchev–Trinajstić information content (AvgIpc) is 2.74. The van der Waals surface area contributed by atoms with Gasteiger partial charge in [-0.05, 0) is 23.6 Å². The van der Waals surface area contributed by atoms with Gasteiger partial charge >= 0.3 is 0 Å². The van der Waals surface area contributed by atoms with Crippen LogP contribution in [-0.2, 0) is 0 Å². The molecule has 4 nitrogen and oxygen atoms in total. The van der Waals surface area contributed by atoms with Crippen LogP contribution in [0.5, 0.6) is 0 Å². The fourth-order valence-electron chi connectivity index (χ4n) is 0.965. The standard InChI is InChI=1S/C9H6ClN3OS/c10-7-1-2-8(13-12-7)11-9(14)6-3-4-15-5-6/h1-5H,(H,11,13,14). The maximum absolute atomic E-state index is 11.6. The molecule has 15 heavy (non-hydrogen) atoms. The first-order valence-corrected chi connectivity index (χ1v) is 5.40. The van der Waals surface area contributed by atoms with Crippen LogP contribution in [0.2, 0.25) is 5.15 Å². The van der Waals surface area contributed by atoms with E-state index < -0.39 is 0 Å². The normalized spacial score (nSPS) is 9.93. The number of carbonyl (C=O) groups is 1. The summed E-state index contributed by atoms with van der Waals surface area (Å²) in [5.41, 5.74) is 0.608. The van der Waals surface area contributed by atoms with Crippen molar-refractivity contribution in [3.8, 4) is 0 Å². The zero-order valence-electron chi connectivity index (χ0n) is 7.48. The lowest BCUT2D eigenvalue weighted by molar-refractivity contribution is 0.102. The van der Waals surface area contributed by atoms with Gasteiger partial charge in [-0.3, -0.25) is 4.79 Å². The molecule has 1 N–H and O–H groups in total. The number of hydrogen-bond acceptors (Lipinski definition) is 4. The summed E-state index contributed by atoms with van der Waals surface area (Å²) in [5.74, 6) is 0.184. The third-order valence-corrected chi connectivity index (χ3v) is 2.54. The second kappa shape index (κ2) is 4.37. The maximum atomic E-state index is 11.6. The van der Waals surface area contributed by atoms with E-state index in [0.717, 1.165) is 0 Å². The lowest BCUT2D eigenvalue weighted by atomic mass is 10.3. The topological polar surface area (TPSA) is 54.9 Å². The van der Waals surface area contributed by atoms with Crippen molar-refractivity contribution in [2.75, 3.05) is 5.32 Å². The first-order valence-electron chi connectivity index (χ1n) is 4.08. The zero-order chi connectivity index (χ0) is 10.7. The Labute approximate surface area is 94.9 Å². The van der Waals surface area contributed by atoms with E-state index in [0.29, 0.717) is 16.5 Å². The molecule has 0 aliphatic heterocycles. The molecular weight excluding hydrogens is 234 g/mol. The van der Waals surface area contributed by atoms with Crippen molar-refractivity contribution in [1.82, 2.24) is 10.2 Å². The van der Waals surface area contributed by atoms with E-state index in [9.17, 15) is 4.79 Å². The fraction of sp³-hybridized carbons (Fsp3) is 0. The van der Waals surface area contributed by atoms with E-state index in [-0.39, 0.29) is 5.91 Å². The van der Waals surface area contributed by atoms with Gasteiger partial charge in [0.2, 0.25) is 0 Å². The molecule has 0 fully saturated rings. The Kier molecular flexibility index (Phi) is 2.94. The molecule has 0 saturated carbocycles. The van der Waals surface area contributed by atoms with Crippen molar-refractivity contribution in [2.24, 2.45) is 0 Å². The van der Waals surface area contributed by atoms with E-state index in [4.69, 9.17) is 11.6 Å². The molecule has 0 spiro atoms. The van der Waals surface area contributed by atoms with Crippen LogP contribution in [-0.4, -0.2) is 16.1 Å². The highest BCUT2D eigenvalue weighted by atomic mass is 35.5.